The molecular formula is C17H21N3O2S. The molecule has 1 aromatic carbocycles. The Labute approximate surface area is 141 Å². The van der Waals surface area contributed by atoms with Crippen LogP contribution in [0.15, 0.2) is 35.3 Å². The van der Waals surface area contributed by atoms with Crippen LogP contribution >= 0.6 is 12.2 Å². The Bertz CT molecular complexity index is 630. The lowest BCUT2D eigenvalue weighted by Crippen LogP contribution is -2.60. The van der Waals surface area contributed by atoms with Crippen molar-refractivity contribution >= 4 is 35.4 Å². The van der Waals surface area contributed by atoms with Crippen LogP contribution in [0.4, 0.5) is 0 Å². The average Bonchev–Trinajstić information content (AvgIpc) is 2.54. The zero-order chi connectivity index (χ0) is 17.0. The van der Waals surface area contributed by atoms with Gasteiger partial charge in [-0.05, 0) is 38.0 Å². The Morgan fingerprint density at radius 3 is 2.57 bits per heavy atom. The number of thiocarbonyl (C=S) groups is 1. The third-order valence-electron chi connectivity index (χ3n) is 4.01. The lowest BCUT2D eigenvalue weighted by atomic mass is 10.0. The maximum Gasteiger partial charge on any atom is 0.247 e. The van der Waals surface area contributed by atoms with Gasteiger partial charge in [0, 0.05) is 12.3 Å². The smallest absolute Gasteiger partial charge is 0.247 e. The van der Waals surface area contributed by atoms with Crippen molar-refractivity contribution in [2.24, 2.45) is 10.9 Å². The molecule has 23 heavy (non-hydrogen) atoms. The second-order valence-electron chi connectivity index (χ2n) is 5.62. The van der Waals surface area contributed by atoms with Gasteiger partial charge in [-0.15, -0.1) is 0 Å². The van der Waals surface area contributed by atoms with Crippen molar-refractivity contribution in [1.82, 2.24) is 10.2 Å². The van der Waals surface area contributed by atoms with Crippen molar-refractivity contribution in [2.75, 3.05) is 0 Å². The van der Waals surface area contributed by atoms with Crippen LogP contribution < -0.4 is 5.32 Å². The summed E-state index contributed by atoms with van der Waals surface area (Å²) < 4.78 is 0. The van der Waals surface area contributed by atoms with Crippen LogP contribution in [0.5, 0.6) is 0 Å². The number of aliphatic imine (C=N–C) groups is 1. The van der Waals surface area contributed by atoms with Crippen LogP contribution in [0.2, 0.25) is 0 Å². The number of amides is 2. The fourth-order valence-electron chi connectivity index (χ4n) is 2.37. The highest BCUT2D eigenvalue weighted by molar-refractivity contribution is 7.80. The molecule has 122 valence electrons. The molecule has 0 spiro atoms. The molecule has 6 heteroatoms. The summed E-state index contributed by atoms with van der Waals surface area (Å²) in [5.74, 6) is -1.65. The topological polar surface area (TPSA) is 61.8 Å². The number of hydrogen-bond acceptors (Lipinski definition) is 4. The molecule has 2 rings (SSSR count). The number of benzene rings is 1. The van der Waals surface area contributed by atoms with Crippen LogP contribution in [0, 0.1) is 5.92 Å². The Morgan fingerprint density at radius 2 is 1.96 bits per heavy atom. The SMILES string of the molecule is CC[C@H](C)N1C(=O)[C@H](C=N[C@H](C)c2ccccc2)C(=O)NC1=S. The Balaban J connectivity index is 2.17. The van der Waals surface area contributed by atoms with Gasteiger partial charge in [0.15, 0.2) is 11.0 Å². The van der Waals surface area contributed by atoms with E-state index in [1.165, 1.54) is 11.1 Å². The van der Waals surface area contributed by atoms with Crippen molar-refractivity contribution in [3.63, 3.8) is 0 Å². The van der Waals surface area contributed by atoms with Crippen LogP contribution in [0.25, 0.3) is 0 Å². The minimum absolute atomic E-state index is 0.0574. The molecule has 1 aliphatic rings. The van der Waals surface area contributed by atoms with Crippen molar-refractivity contribution in [3.05, 3.63) is 35.9 Å². The van der Waals surface area contributed by atoms with Gasteiger partial charge in [0.1, 0.15) is 0 Å². The molecule has 0 bridgehead atoms. The van der Waals surface area contributed by atoms with Gasteiger partial charge < -0.3 is 5.32 Å². The molecule has 0 unspecified atom stereocenters. The summed E-state index contributed by atoms with van der Waals surface area (Å²) in [6.45, 7) is 5.80. The van der Waals surface area contributed by atoms with E-state index in [0.717, 1.165) is 12.0 Å². The zero-order valence-electron chi connectivity index (χ0n) is 13.5. The fraction of sp³-hybridized carbons (Fsp3) is 0.412. The first kappa shape index (κ1) is 17.3. The highest BCUT2D eigenvalue weighted by Gasteiger charge is 2.39. The first-order valence-electron chi connectivity index (χ1n) is 7.71. The van der Waals surface area contributed by atoms with Gasteiger partial charge in [-0.25, -0.2) is 0 Å². The van der Waals surface area contributed by atoms with Gasteiger partial charge in [0.05, 0.1) is 6.04 Å². The zero-order valence-corrected chi connectivity index (χ0v) is 14.3. The summed E-state index contributed by atoms with van der Waals surface area (Å²) in [5, 5.41) is 2.77. The minimum atomic E-state index is -0.929. The normalized spacial score (nSPS) is 21.4. The molecule has 0 saturated carbocycles. The van der Waals surface area contributed by atoms with Crippen molar-refractivity contribution < 1.29 is 9.59 Å². The van der Waals surface area contributed by atoms with E-state index < -0.39 is 11.8 Å². The van der Waals surface area contributed by atoms with E-state index >= 15 is 0 Å². The van der Waals surface area contributed by atoms with Gasteiger partial charge >= 0.3 is 0 Å². The fourth-order valence-corrected chi connectivity index (χ4v) is 2.74. The molecule has 1 N–H and O–H groups in total. The quantitative estimate of drug-likeness (QED) is 0.512. The summed E-state index contributed by atoms with van der Waals surface area (Å²) in [6, 6.07) is 9.55. The summed E-state index contributed by atoms with van der Waals surface area (Å²) in [5.41, 5.74) is 1.03. The number of nitrogens with one attached hydrogen (secondary N) is 1. The average molecular weight is 331 g/mol. The van der Waals surface area contributed by atoms with Gasteiger partial charge in [0.2, 0.25) is 11.8 Å². The molecule has 1 saturated heterocycles. The third-order valence-corrected chi connectivity index (χ3v) is 4.31. The van der Waals surface area contributed by atoms with Gasteiger partial charge in [0.25, 0.3) is 0 Å². The molecule has 1 aliphatic heterocycles. The highest BCUT2D eigenvalue weighted by Crippen LogP contribution is 2.18. The van der Waals surface area contributed by atoms with Crippen LogP contribution in [-0.2, 0) is 9.59 Å². The number of hydrogen-bond donors (Lipinski definition) is 1. The van der Waals surface area contributed by atoms with E-state index in [9.17, 15) is 9.59 Å². The molecule has 2 amide bonds. The summed E-state index contributed by atoms with van der Waals surface area (Å²) in [7, 11) is 0. The van der Waals surface area contributed by atoms with E-state index in [1.807, 2.05) is 51.1 Å². The minimum Gasteiger partial charge on any atom is -0.302 e. The van der Waals surface area contributed by atoms with E-state index in [-0.39, 0.29) is 23.1 Å². The van der Waals surface area contributed by atoms with Crippen molar-refractivity contribution in [2.45, 2.75) is 39.3 Å². The van der Waals surface area contributed by atoms with E-state index in [0.29, 0.717) is 0 Å². The third kappa shape index (κ3) is 3.82. The lowest BCUT2D eigenvalue weighted by Gasteiger charge is -2.35. The van der Waals surface area contributed by atoms with E-state index in [4.69, 9.17) is 12.2 Å². The van der Waals surface area contributed by atoms with Gasteiger partial charge in [-0.3, -0.25) is 19.5 Å². The number of rotatable bonds is 5. The summed E-state index contributed by atoms with van der Waals surface area (Å²) in [4.78, 5) is 30.5. The predicted octanol–water partition coefficient (Wildman–Crippen LogP) is 2.48. The predicted molar refractivity (Wildman–Crippen MR) is 94.2 cm³/mol. The van der Waals surface area contributed by atoms with Crippen LogP contribution in [0.3, 0.4) is 0 Å². The Kier molecular flexibility index (Phi) is 5.60. The molecule has 0 radical (unpaired) electrons. The maximum atomic E-state index is 12.6. The molecular weight excluding hydrogens is 310 g/mol. The standard InChI is InChI=1S/C17H21N3O2S/c1-4-11(2)20-16(22)14(15(21)19-17(20)23)10-18-12(3)13-8-6-5-7-9-13/h5-12,14H,4H2,1-3H3,(H,19,21,23)/t11-,12+,14+/m0/s1. The molecule has 0 aromatic heterocycles. The van der Waals surface area contributed by atoms with Crippen LogP contribution in [0.1, 0.15) is 38.8 Å². The van der Waals surface area contributed by atoms with E-state index in [1.54, 1.807) is 0 Å². The molecule has 1 heterocycles. The lowest BCUT2D eigenvalue weighted by molar-refractivity contribution is -0.139. The first-order valence-corrected chi connectivity index (χ1v) is 8.12. The molecule has 1 fully saturated rings. The largest absolute Gasteiger partial charge is 0.302 e. The summed E-state index contributed by atoms with van der Waals surface area (Å²) >= 11 is 5.12. The summed E-state index contributed by atoms with van der Waals surface area (Å²) in [6.07, 6.45) is 2.19. The molecule has 5 nitrogen and oxygen atoms in total. The second kappa shape index (κ2) is 7.46. The first-order chi connectivity index (χ1) is 11.0. The van der Waals surface area contributed by atoms with Gasteiger partial charge in [-0.1, -0.05) is 37.3 Å². The highest BCUT2D eigenvalue weighted by atomic mass is 32.1. The van der Waals surface area contributed by atoms with Crippen LogP contribution in [-0.4, -0.2) is 34.1 Å². The number of nitrogens with zero attached hydrogens (tertiary/aromatic N) is 2. The van der Waals surface area contributed by atoms with Crippen molar-refractivity contribution in [1.29, 1.82) is 0 Å². The Hall–Kier alpha value is -2.08. The van der Waals surface area contributed by atoms with Gasteiger partial charge in [-0.2, -0.15) is 0 Å². The second-order valence-corrected chi connectivity index (χ2v) is 6.01. The van der Waals surface area contributed by atoms with Crippen molar-refractivity contribution in [3.8, 4) is 0 Å². The molecule has 3 atom stereocenters. The monoisotopic (exact) mass is 331 g/mol. The number of carbonyl (C=O) groups excluding carboxylic acids is 2. The maximum absolute atomic E-state index is 12.6. The molecule has 0 aliphatic carbocycles. The molecule has 1 aromatic rings. The number of carbonyl (C=O) groups is 2. The Morgan fingerprint density at radius 1 is 1.30 bits per heavy atom. The van der Waals surface area contributed by atoms with E-state index in [2.05, 4.69) is 10.3 Å².